The first-order valence-corrected chi connectivity index (χ1v) is 8.04. The van der Waals surface area contributed by atoms with Crippen LogP contribution in [0.1, 0.15) is 85.0 Å². The highest BCUT2D eigenvalue weighted by Gasteiger charge is 2.07. The van der Waals surface area contributed by atoms with E-state index in [1.54, 1.807) is 0 Å². The van der Waals surface area contributed by atoms with Gasteiger partial charge in [-0.05, 0) is 20.3 Å². The molecule has 0 aromatic heterocycles. The van der Waals surface area contributed by atoms with Gasteiger partial charge in [-0.25, -0.2) is 0 Å². The molecule has 0 aliphatic heterocycles. The molecule has 0 aromatic carbocycles. The summed E-state index contributed by atoms with van der Waals surface area (Å²) in [7, 11) is 0. The third kappa shape index (κ3) is 9.49. The maximum atomic E-state index is 11.7. The maximum absolute atomic E-state index is 11.7. The van der Waals surface area contributed by atoms with E-state index < -0.39 is 0 Å². The van der Waals surface area contributed by atoms with Gasteiger partial charge in [-0.3, -0.25) is 4.79 Å². The average molecular weight is 255 g/mol. The number of carbonyl (C=O) groups excluding carboxylic acids is 1. The number of unbranched alkanes of at least 4 members (excludes halogenated alkanes) is 8. The van der Waals surface area contributed by atoms with Crippen molar-refractivity contribution >= 4 is 5.91 Å². The van der Waals surface area contributed by atoms with E-state index in [9.17, 15) is 4.79 Å². The van der Waals surface area contributed by atoms with Crippen molar-refractivity contribution in [2.45, 2.75) is 85.0 Å². The second kappa shape index (κ2) is 12.9. The summed E-state index contributed by atoms with van der Waals surface area (Å²) in [5.74, 6) is 0.336. The molecular weight excluding hydrogens is 222 g/mol. The van der Waals surface area contributed by atoms with Crippen molar-refractivity contribution in [2.75, 3.05) is 13.1 Å². The van der Waals surface area contributed by atoms with Gasteiger partial charge in [0.2, 0.25) is 5.91 Å². The number of amides is 1. The Morgan fingerprint density at radius 2 is 1.17 bits per heavy atom. The van der Waals surface area contributed by atoms with Crippen molar-refractivity contribution in [3.05, 3.63) is 0 Å². The number of carbonyl (C=O) groups is 1. The monoisotopic (exact) mass is 255 g/mol. The Labute approximate surface area is 114 Å². The Morgan fingerprint density at radius 3 is 1.61 bits per heavy atom. The number of nitrogens with zero attached hydrogens (tertiary/aromatic N) is 1. The van der Waals surface area contributed by atoms with Crippen LogP contribution in [0.5, 0.6) is 0 Å². The van der Waals surface area contributed by atoms with Gasteiger partial charge >= 0.3 is 0 Å². The number of hydrogen-bond donors (Lipinski definition) is 0. The van der Waals surface area contributed by atoms with E-state index in [0.29, 0.717) is 5.91 Å². The first kappa shape index (κ1) is 17.5. The van der Waals surface area contributed by atoms with Crippen molar-refractivity contribution in [1.29, 1.82) is 0 Å². The van der Waals surface area contributed by atoms with E-state index in [-0.39, 0.29) is 0 Å². The molecule has 2 nitrogen and oxygen atoms in total. The molecule has 0 atom stereocenters. The Kier molecular flexibility index (Phi) is 12.5. The van der Waals surface area contributed by atoms with Crippen molar-refractivity contribution in [3.8, 4) is 0 Å². The largest absolute Gasteiger partial charge is 0.343 e. The third-order valence-electron chi connectivity index (χ3n) is 3.61. The van der Waals surface area contributed by atoms with E-state index in [2.05, 4.69) is 20.8 Å². The molecule has 0 aromatic rings. The summed E-state index contributed by atoms with van der Waals surface area (Å²) in [5, 5.41) is 0. The van der Waals surface area contributed by atoms with Crippen LogP contribution in [-0.4, -0.2) is 23.9 Å². The lowest BCUT2D eigenvalue weighted by Gasteiger charge is -2.18. The number of rotatable bonds is 12. The van der Waals surface area contributed by atoms with Crippen LogP contribution in [-0.2, 0) is 4.79 Å². The molecule has 0 aliphatic carbocycles. The molecule has 0 unspecified atom stereocenters. The summed E-state index contributed by atoms with van der Waals surface area (Å²) in [6, 6.07) is 0. The smallest absolute Gasteiger partial charge is 0.222 e. The third-order valence-corrected chi connectivity index (χ3v) is 3.61. The summed E-state index contributed by atoms with van der Waals surface area (Å²) in [5.41, 5.74) is 0. The van der Waals surface area contributed by atoms with Gasteiger partial charge in [0.05, 0.1) is 0 Å². The molecule has 2 heteroatoms. The molecule has 0 rings (SSSR count). The second-order valence-electron chi connectivity index (χ2n) is 5.14. The van der Waals surface area contributed by atoms with E-state index in [1.807, 2.05) is 4.90 Å². The van der Waals surface area contributed by atoms with Gasteiger partial charge < -0.3 is 4.90 Å². The van der Waals surface area contributed by atoms with E-state index >= 15 is 0 Å². The fourth-order valence-corrected chi connectivity index (χ4v) is 2.32. The van der Waals surface area contributed by atoms with Gasteiger partial charge in [0, 0.05) is 19.5 Å². The molecule has 0 N–H and O–H groups in total. The zero-order valence-corrected chi connectivity index (χ0v) is 12.8. The molecule has 0 heterocycles. The zero-order valence-electron chi connectivity index (χ0n) is 12.8. The van der Waals surface area contributed by atoms with Gasteiger partial charge in [-0.15, -0.1) is 0 Å². The minimum absolute atomic E-state index is 0.336. The zero-order chi connectivity index (χ0) is 13.6. The maximum Gasteiger partial charge on any atom is 0.222 e. The van der Waals surface area contributed by atoms with Crippen LogP contribution in [0.2, 0.25) is 0 Å². The van der Waals surface area contributed by atoms with E-state index in [4.69, 9.17) is 0 Å². The fourth-order valence-electron chi connectivity index (χ4n) is 2.32. The van der Waals surface area contributed by atoms with Crippen molar-refractivity contribution < 1.29 is 4.79 Å². The summed E-state index contributed by atoms with van der Waals surface area (Å²) in [6.07, 6.45) is 12.6. The molecule has 0 fully saturated rings. The van der Waals surface area contributed by atoms with Crippen LogP contribution in [0.4, 0.5) is 0 Å². The molecule has 1 amide bonds. The predicted molar refractivity (Wildman–Crippen MR) is 79.8 cm³/mol. The van der Waals surface area contributed by atoms with Gasteiger partial charge in [-0.2, -0.15) is 0 Å². The van der Waals surface area contributed by atoms with Crippen LogP contribution >= 0.6 is 0 Å². The van der Waals surface area contributed by atoms with Crippen LogP contribution in [0, 0.1) is 0 Å². The lowest BCUT2D eigenvalue weighted by molar-refractivity contribution is -0.130. The quantitative estimate of drug-likeness (QED) is 0.460. The summed E-state index contributed by atoms with van der Waals surface area (Å²) >= 11 is 0. The molecule has 0 saturated heterocycles. The fraction of sp³-hybridized carbons (Fsp3) is 0.938. The van der Waals surface area contributed by atoms with Crippen LogP contribution in [0.25, 0.3) is 0 Å². The predicted octanol–water partition coefficient (Wildman–Crippen LogP) is 4.78. The van der Waals surface area contributed by atoms with Crippen molar-refractivity contribution in [3.63, 3.8) is 0 Å². The highest BCUT2D eigenvalue weighted by Crippen LogP contribution is 2.11. The highest BCUT2D eigenvalue weighted by molar-refractivity contribution is 5.75. The van der Waals surface area contributed by atoms with E-state index in [1.165, 1.54) is 51.4 Å². The van der Waals surface area contributed by atoms with Crippen LogP contribution in [0.3, 0.4) is 0 Å². The number of hydrogen-bond acceptors (Lipinski definition) is 1. The molecule has 0 bridgehead atoms. The molecule has 108 valence electrons. The lowest BCUT2D eigenvalue weighted by atomic mass is 10.1. The average Bonchev–Trinajstić information content (AvgIpc) is 2.38. The first-order valence-electron chi connectivity index (χ1n) is 8.04. The van der Waals surface area contributed by atoms with Gasteiger partial charge in [-0.1, -0.05) is 58.3 Å². The Balaban J connectivity index is 3.27. The van der Waals surface area contributed by atoms with Crippen LogP contribution < -0.4 is 0 Å². The SMILES string of the molecule is CCCCCCCCCCCC(=O)N(CC)CC. The minimum Gasteiger partial charge on any atom is -0.343 e. The molecule has 0 spiro atoms. The normalized spacial score (nSPS) is 10.6. The Morgan fingerprint density at radius 1 is 0.722 bits per heavy atom. The summed E-state index contributed by atoms with van der Waals surface area (Å²) < 4.78 is 0. The van der Waals surface area contributed by atoms with Crippen molar-refractivity contribution in [2.24, 2.45) is 0 Å². The van der Waals surface area contributed by atoms with Crippen molar-refractivity contribution in [1.82, 2.24) is 4.90 Å². The molecule has 0 radical (unpaired) electrons. The summed E-state index contributed by atoms with van der Waals surface area (Å²) in [6.45, 7) is 8.07. The van der Waals surface area contributed by atoms with Gasteiger partial charge in [0.1, 0.15) is 0 Å². The molecule has 0 saturated carbocycles. The molecular formula is C16H33NO. The van der Waals surface area contributed by atoms with Crippen LogP contribution in [0.15, 0.2) is 0 Å². The van der Waals surface area contributed by atoms with Gasteiger partial charge in [0.15, 0.2) is 0 Å². The minimum atomic E-state index is 0.336. The summed E-state index contributed by atoms with van der Waals surface area (Å²) in [4.78, 5) is 13.7. The van der Waals surface area contributed by atoms with Gasteiger partial charge in [0.25, 0.3) is 0 Å². The standard InChI is InChI=1S/C16H33NO/c1-4-7-8-9-10-11-12-13-14-15-16(18)17(5-2)6-3/h4-15H2,1-3H3. The molecule has 0 aliphatic rings. The highest BCUT2D eigenvalue weighted by atomic mass is 16.2. The van der Waals surface area contributed by atoms with E-state index in [0.717, 1.165) is 25.9 Å². The first-order chi connectivity index (χ1) is 8.76. The second-order valence-corrected chi connectivity index (χ2v) is 5.14. The lowest BCUT2D eigenvalue weighted by Crippen LogP contribution is -2.30. The topological polar surface area (TPSA) is 20.3 Å². The molecule has 18 heavy (non-hydrogen) atoms. The Bertz CT molecular complexity index is 188. The Hall–Kier alpha value is -0.530.